The molecule has 3 atom stereocenters. The topological polar surface area (TPSA) is 60.9 Å². The summed E-state index contributed by atoms with van der Waals surface area (Å²) in [5.41, 5.74) is 2.70. The normalized spacial score (nSPS) is 26.7. The summed E-state index contributed by atoms with van der Waals surface area (Å²) in [4.78, 5) is 30.0. The Morgan fingerprint density at radius 2 is 1.79 bits per heavy atom. The van der Waals surface area contributed by atoms with Gasteiger partial charge in [-0.3, -0.25) is 14.5 Å². The summed E-state index contributed by atoms with van der Waals surface area (Å²) in [6, 6.07) is 3.26. The number of hydrogen-bond acceptors (Lipinski definition) is 4. The second kappa shape index (κ2) is 11.3. The van der Waals surface area contributed by atoms with E-state index < -0.39 is 0 Å². The van der Waals surface area contributed by atoms with Crippen molar-refractivity contribution in [2.75, 3.05) is 19.6 Å². The van der Waals surface area contributed by atoms with Gasteiger partial charge in [0.05, 0.1) is 6.10 Å². The SMILES string of the molecule is Cc1c(CC(=O)CC2CCCC(O)C2)cc(F)cc1CN1CCN(C(=O)C2CCCC2)[C@@H](C)C1. The van der Waals surface area contributed by atoms with Gasteiger partial charge < -0.3 is 10.0 Å². The standard InChI is InChI=1S/C28H41FN2O3/c1-19-17-30(10-11-31(19)28(34)22-7-3-4-8-22)18-24-15-25(29)14-23(20(24)2)16-27(33)13-21-6-5-9-26(32)12-21/h14-15,19,21-22,26,32H,3-13,16-18H2,1-2H3/t19-,21?,26?/m0/s1. The Morgan fingerprint density at radius 1 is 1.06 bits per heavy atom. The number of rotatable bonds is 7. The molecule has 34 heavy (non-hydrogen) atoms. The second-order valence-corrected chi connectivity index (χ2v) is 11.1. The lowest BCUT2D eigenvalue weighted by Gasteiger charge is -2.41. The van der Waals surface area contributed by atoms with Crippen LogP contribution < -0.4 is 0 Å². The highest BCUT2D eigenvalue weighted by Gasteiger charge is 2.33. The molecule has 2 saturated carbocycles. The van der Waals surface area contributed by atoms with E-state index >= 15 is 0 Å². The third kappa shape index (κ3) is 6.25. The van der Waals surface area contributed by atoms with Crippen LogP contribution in [0.3, 0.4) is 0 Å². The summed E-state index contributed by atoms with van der Waals surface area (Å²) in [6.07, 6.45) is 8.31. The molecular formula is C28H41FN2O3. The fourth-order valence-electron chi connectivity index (χ4n) is 6.35. The first kappa shape index (κ1) is 25.3. The fourth-order valence-corrected chi connectivity index (χ4v) is 6.35. The Bertz CT molecular complexity index is 883. The summed E-state index contributed by atoms with van der Waals surface area (Å²) in [6.45, 7) is 7.04. The van der Waals surface area contributed by atoms with Crippen molar-refractivity contribution < 1.29 is 19.1 Å². The van der Waals surface area contributed by atoms with Crippen molar-refractivity contribution >= 4 is 11.7 Å². The lowest BCUT2D eigenvalue weighted by atomic mass is 9.83. The first-order valence-corrected chi connectivity index (χ1v) is 13.3. The molecule has 1 amide bonds. The van der Waals surface area contributed by atoms with Crippen molar-refractivity contribution in [1.82, 2.24) is 9.80 Å². The van der Waals surface area contributed by atoms with Gasteiger partial charge in [-0.15, -0.1) is 0 Å². The number of amides is 1. The molecule has 0 spiro atoms. The molecule has 4 rings (SSSR count). The van der Waals surface area contributed by atoms with Crippen LogP contribution in [0.15, 0.2) is 12.1 Å². The number of ketones is 1. The molecule has 1 N–H and O–H groups in total. The number of hydrogen-bond donors (Lipinski definition) is 1. The van der Waals surface area contributed by atoms with Gasteiger partial charge in [-0.2, -0.15) is 0 Å². The molecule has 1 saturated heterocycles. The van der Waals surface area contributed by atoms with Crippen molar-refractivity contribution in [1.29, 1.82) is 0 Å². The maximum Gasteiger partial charge on any atom is 0.226 e. The van der Waals surface area contributed by atoms with Crippen LogP contribution in [0.1, 0.15) is 81.4 Å². The van der Waals surface area contributed by atoms with Crippen LogP contribution in [0.2, 0.25) is 0 Å². The van der Waals surface area contributed by atoms with Gasteiger partial charge in [0.25, 0.3) is 0 Å². The number of nitrogens with zero attached hydrogens (tertiary/aromatic N) is 2. The molecule has 2 aliphatic carbocycles. The van der Waals surface area contributed by atoms with E-state index in [2.05, 4.69) is 16.7 Å². The van der Waals surface area contributed by atoms with Crippen molar-refractivity contribution in [3.05, 3.63) is 34.6 Å². The molecule has 2 unspecified atom stereocenters. The van der Waals surface area contributed by atoms with Gasteiger partial charge in [-0.1, -0.05) is 19.3 Å². The highest BCUT2D eigenvalue weighted by molar-refractivity contribution is 5.81. The number of Topliss-reactive ketones (excluding diaryl/α,β-unsaturated/α-hetero) is 1. The van der Waals surface area contributed by atoms with E-state index in [1.54, 1.807) is 6.07 Å². The number of halogens is 1. The van der Waals surface area contributed by atoms with Crippen LogP contribution in [0.4, 0.5) is 4.39 Å². The van der Waals surface area contributed by atoms with Crippen LogP contribution >= 0.6 is 0 Å². The van der Waals surface area contributed by atoms with Crippen LogP contribution in [0.25, 0.3) is 0 Å². The monoisotopic (exact) mass is 472 g/mol. The summed E-state index contributed by atoms with van der Waals surface area (Å²) in [5, 5.41) is 9.89. The highest BCUT2D eigenvalue weighted by atomic mass is 19.1. The number of carbonyl (C=O) groups excluding carboxylic acids is 2. The predicted octanol–water partition coefficient (Wildman–Crippen LogP) is 4.41. The van der Waals surface area contributed by atoms with E-state index in [0.717, 1.165) is 81.3 Å². The summed E-state index contributed by atoms with van der Waals surface area (Å²) in [7, 11) is 0. The van der Waals surface area contributed by atoms with Crippen molar-refractivity contribution in [2.45, 2.75) is 96.7 Å². The molecule has 3 fully saturated rings. The van der Waals surface area contributed by atoms with Gasteiger partial charge >= 0.3 is 0 Å². The molecule has 188 valence electrons. The summed E-state index contributed by atoms with van der Waals surface area (Å²) >= 11 is 0. The van der Waals surface area contributed by atoms with Crippen molar-refractivity contribution in [3.8, 4) is 0 Å². The van der Waals surface area contributed by atoms with Gasteiger partial charge in [0.15, 0.2) is 0 Å². The molecule has 1 aliphatic heterocycles. The molecule has 1 heterocycles. The molecule has 6 heteroatoms. The lowest BCUT2D eigenvalue weighted by molar-refractivity contribution is -0.140. The zero-order valence-corrected chi connectivity index (χ0v) is 20.9. The number of aliphatic hydroxyl groups excluding tert-OH is 1. The zero-order valence-electron chi connectivity index (χ0n) is 20.9. The van der Waals surface area contributed by atoms with Crippen LogP contribution in [0.5, 0.6) is 0 Å². The average Bonchev–Trinajstić information content (AvgIpc) is 3.31. The third-order valence-corrected chi connectivity index (χ3v) is 8.34. The Morgan fingerprint density at radius 3 is 2.50 bits per heavy atom. The zero-order chi connectivity index (χ0) is 24.2. The first-order valence-electron chi connectivity index (χ1n) is 13.3. The molecule has 1 aromatic rings. The minimum Gasteiger partial charge on any atom is -0.393 e. The van der Waals surface area contributed by atoms with E-state index in [9.17, 15) is 19.1 Å². The van der Waals surface area contributed by atoms with E-state index in [0.29, 0.717) is 25.3 Å². The Balaban J connectivity index is 1.35. The van der Waals surface area contributed by atoms with Gasteiger partial charge in [0, 0.05) is 51.0 Å². The largest absolute Gasteiger partial charge is 0.393 e. The van der Waals surface area contributed by atoms with Crippen molar-refractivity contribution in [2.24, 2.45) is 11.8 Å². The first-order chi connectivity index (χ1) is 16.3. The van der Waals surface area contributed by atoms with Crippen LogP contribution in [-0.2, 0) is 22.6 Å². The predicted molar refractivity (Wildman–Crippen MR) is 131 cm³/mol. The minimum absolute atomic E-state index is 0.131. The number of piperazine rings is 1. The molecule has 1 aromatic carbocycles. The van der Waals surface area contributed by atoms with E-state index in [4.69, 9.17) is 0 Å². The number of aliphatic hydroxyl groups is 1. The molecule has 0 bridgehead atoms. The fraction of sp³-hybridized carbons (Fsp3) is 0.714. The summed E-state index contributed by atoms with van der Waals surface area (Å²) < 4.78 is 14.5. The van der Waals surface area contributed by atoms with Gasteiger partial charge in [-0.25, -0.2) is 4.39 Å². The van der Waals surface area contributed by atoms with E-state index in [1.807, 2.05) is 6.92 Å². The molecule has 0 aromatic heterocycles. The molecule has 0 radical (unpaired) electrons. The maximum atomic E-state index is 14.5. The smallest absolute Gasteiger partial charge is 0.226 e. The highest BCUT2D eigenvalue weighted by Crippen LogP contribution is 2.30. The minimum atomic E-state index is -0.292. The molecule has 3 aliphatic rings. The Hall–Kier alpha value is -1.79. The molecule has 5 nitrogen and oxygen atoms in total. The Kier molecular flexibility index (Phi) is 8.41. The maximum absolute atomic E-state index is 14.5. The third-order valence-electron chi connectivity index (χ3n) is 8.34. The van der Waals surface area contributed by atoms with Crippen LogP contribution in [0, 0.1) is 24.6 Å². The number of carbonyl (C=O) groups is 2. The van der Waals surface area contributed by atoms with Gasteiger partial charge in [0.2, 0.25) is 5.91 Å². The van der Waals surface area contributed by atoms with Crippen molar-refractivity contribution in [3.63, 3.8) is 0 Å². The lowest BCUT2D eigenvalue weighted by Crippen LogP contribution is -2.54. The summed E-state index contributed by atoms with van der Waals surface area (Å²) in [5.74, 6) is 0.606. The van der Waals surface area contributed by atoms with Gasteiger partial charge in [-0.05, 0) is 80.7 Å². The molecular weight excluding hydrogens is 431 g/mol. The van der Waals surface area contributed by atoms with E-state index in [1.165, 1.54) is 6.07 Å². The average molecular weight is 473 g/mol. The van der Waals surface area contributed by atoms with Crippen LogP contribution in [-0.4, -0.2) is 58.4 Å². The quantitative estimate of drug-likeness (QED) is 0.639. The van der Waals surface area contributed by atoms with Gasteiger partial charge in [0.1, 0.15) is 11.6 Å². The number of benzene rings is 1. The second-order valence-electron chi connectivity index (χ2n) is 11.1. The Labute approximate surface area is 203 Å². The van der Waals surface area contributed by atoms with E-state index in [-0.39, 0.29) is 42.0 Å².